The summed E-state index contributed by atoms with van der Waals surface area (Å²) in [6, 6.07) is 13.6. The molecule has 1 amide bonds. The standard InChI is InChI=1S/C17H17NO5S/c1-24(22,23)14-9-7-13(8-10-14)17(21)18-15(11-16(19)20)12-5-3-2-4-6-12/h2-10,15H,11H2,1H3,(H,18,21)(H,19,20). The van der Waals surface area contributed by atoms with Gasteiger partial charge in [-0.1, -0.05) is 30.3 Å². The van der Waals surface area contributed by atoms with Crippen molar-refractivity contribution >= 4 is 21.7 Å². The van der Waals surface area contributed by atoms with Gasteiger partial charge >= 0.3 is 5.97 Å². The summed E-state index contributed by atoms with van der Waals surface area (Å²) in [5.74, 6) is -1.50. The molecule has 2 N–H and O–H groups in total. The van der Waals surface area contributed by atoms with Gasteiger partial charge in [0.25, 0.3) is 5.91 Å². The molecule has 2 aromatic rings. The summed E-state index contributed by atoms with van der Waals surface area (Å²) in [7, 11) is -3.34. The molecule has 0 spiro atoms. The Morgan fingerprint density at radius 1 is 1.04 bits per heavy atom. The lowest BCUT2D eigenvalue weighted by Crippen LogP contribution is -2.30. The van der Waals surface area contributed by atoms with Gasteiger partial charge in [0.2, 0.25) is 0 Å². The summed E-state index contributed by atoms with van der Waals surface area (Å²) in [5, 5.41) is 11.7. The minimum Gasteiger partial charge on any atom is -0.481 e. The molecule has 24 heavy (non-hydrogen) atoms. The zero-order valence-corrected chi connectivity index (χ0v) is 13.8. The fourth-order valence-electron chi connectivity index (χ4n) is 2.21. The number of sulfone groups is 1. The van der Waals surface area contributed by atoms with Crippen LogP contribution in [-0.4, -0.2) is 31.7 Å². The molecule has 0 bridgehead atoms. The van der Waals surface area contributed by atoms with Crippen LogP contribution in [0.4, 0.5) is 0 Å². The number of benzene rings is 2. The van der Waals surface area contributed by atoms with Gasteiger partial charge in [0.15, 0.2) is 9.84 Å². The molecule has 1 unspecified atom stereocenters. The Labute approximate surface area is 140 Å². The van der Waals surface area contributed by atoms with Crippen LogP contribution in [0.2, 0.25) is 0 Å². The monoisotopic (exact) mass is 347 g/mol. The fourth-order valence-corrected chi connectivity index (χ4v) is 2.84. The predicted octanol–water partition coefficient (Wildman–Crippen LogP) is 2.04. The smallest absolute Gasteiger partial charge is 0.305 e. The molecule has 7 heteroatoms. The van der Waals surface area contributed by atoms with Gasteiger partial charge in [-0.25, -0.2) is 8.42 Å². The van der Waals surface area contributed by atoms with Gasteiger partial charge < -0.3 is 10.4 Å². The zero-order chi connectivity index (χ0) is 17.7. The second-order valence-electron chi connectivity index (χ2n) is 5.33. The van der Waals surface area contributed by atoms with Crippen molar-refractivity contribution in [3.8, 4) is 0 Å². The molecule has 0 aromatic heterocycles. The molecule has 0 aliphatic rings. The lowest BCUT2D eigenvalue weighted by molar-refractivity contribution is -0.137. The first-order valence-electron chi connectivity index (χ1n) is 7.15. The second kappa shape index (κ2) is 7.27. The summed E-state index contributed by atoms with van der Waals surface area (Å²) in [6.07, 6.45) is 0.831. The molecule has 2 rings (SSSR count). The second-order valence-corrected chi connectivity index (χ2v) is 7.35. The number of amides is 1. The lowest BCUT2D eigenvalue weighted by atomic mass is 10.0. The van der Waals surface area contributed by atoms with Crippen molar-refractivity contribution in [2.24, 2.45) is 0 Å². The summed E-state index contributed by atoms with van der Waals surface area (Å²) < 4.78 is 22.9. The molecule has 0 saturated carbocycles. The largest absolute Gasteiger partial charge is 0.481 e. The summed E-state index contributed by atoms with van der Waals surface area (Å²) in [6.45, 7) is 0. The first-order chi connectivity index (χ1) is 11.3. The molecule has 1 atom stereocenters. The number of nitrogens with one attached hydrogen (secondary N) is 1. The van der Waals surface area contributed by atoms with Gasteiger partial charge in [0.1, 0.15) is 0 Å². The maximum absolute atomic E-state index is 12.3. The van der Waals surface area contributed by atoms with E-state index in [4.69, 9.17) is 5.11 Å². The van der Waals surface area contributed by atoms with Crippen molar-refractivity contribution in [1.29, 1.82) is 0 Å². The van der Waals surface area contributed by atoms with E-state index in [1.165, 1.54) is 24.3 Å². The molecule has 0 aliphatic carbocycles. The third-order valence-electron chi connectivity index (χ3n) is 3.43. The van der Waals surface area contributed by atoms with E-state index in [1.807, 2.05) is 0 Å². The highest BCUT2D eigenvalue weighted by Gasteiger charge is 2.19. The van der Waals surface area contributed by atoms with Crippen LogP contribution in [0.15, 0.2) is 59.5 Å². The zero-order valence-electron chi connectivity index (χ0n) is 13.0. The number of carboxylic acids is 1. The molecule has 6 nitrogen and oxygen atoms in total. The molecule has 0 heterocycles. The van der Waals surface area contributed by atoms with Crippen molar-refractivity contribution in [2.45, 2.75) is 17.4 Å². The van der Waals surface area contributed by atoms with Crippen LogP contribution >= 0.6 is 0 Å². The van der Waals surface area contributed by atoms with Crippen LogP contribution < -0.4 is 5.32 Å². The van der Waals surface area contributed by atoms with Crippen LogP contribution in [0.1, 0.15) is 28.4 Å². The van der Waals surface area contributed by atoms with Crippen LogP contribution in [-0.2, 0) is 14.6 Å². The Kier molecular flexibility index (Phi) is 5.35. The van der Waals surface area contributed by atoms with E-state index < -0.39 is 27.8 Å². The highest BCUT2D eigenvalue weighted by atomic mass is 32.2. The maximum atomic E-state index is 12.3. The third-order valence-corrected chi connectivity index (χ3v) is 4.56. The van der Waals surface area contributed by atoms with Gasteiger partial charge in [-0.3, -0.25) is 9.59 Å². The van der Waals surface area contributed by atoms with Crippen molar-refractivity contribution in [3.63, 3.8) is 0 Å². The number of rotatable bonds is 6. The molecule has 0 fully saturated rings. The summed E-state index contributed by atoms with van der Waals surface area (Å²) >= 11 is 0. The van der Waals surface area contributed by atoms with Gasteiger partial charge in [0, 0.05) is 11.8 Å². The third kappa shape index (κ3) is 4.66. The van der Waals surface area contributed by atoms with Crippen molar-refractivity contribution in [2.75, 3.05) is 6.26 Å². The molecule has 0 aliphatic heterocycles. The first kappa shape index (κ1) is 17.7. The topological polar surface area (TPSA) is 101 Å². The number of hydrogen-bond acceptors (Lipinski definition) is 4. The van der Waals surface area contributed by atoms with E-state index in [2.05, 4.69) is 5.32 Å². The Bertz CT molecular complexity index is 829. The maximum Gasteiger partial charge on any atom is 0.305 e. The SMILES string of the molecule is CS(=O)(=O)c1ccc(C(=O)NC(CC(=O)O)c2ccccc2)cc1. The average molecular weight is 347 g/mol. The predicted molar refractivity (Wildman–Crippen MR) is 88.5 cm³/mol. The highest BCUT2D eigenvalue weighted by molar-refractivity contribution is 7.90. The normalized spacial score (nSPS) is 12.4. The van der Waals surface area contributed by atoms with Gasteiger partial charge in [-0.05, 0) is 29.8 Å². The molecule has 0 saturated heterocycles. The number of aliphatic carboxylic acids is 1. The van der Waals surface area contributed by atoms with Crippen molar-refractivity contribution in [1.82, 2.24) is 5.32 Å². The Hall–Kier alpha value is -2.67. The minimum absolute atomic E-state index is 0.115. The Morgan fingerprint density at radius 3 is 2.12 bits per heavy atom. The van der Waals surface area contributed by atoms with Crippen LogP contribution in [0, 0.1) is 0 Å². The van der Waals surface area contributed by atoms with E-state index in [9.17, 15) is 18.0 Å². The fraction of sp³-hybridized carbons (Fsp3) is 0.176. The Morgan fingerprint density at radius 2 is 1.62 bits per heavy atom. The summed E-state index contributed by atoms with van der Waals surface area (Å²) in [5.41, 5.74) is 0.940. The van der Waals surface area contributed by atoms with E-state index in [0.717, 1.165) is 6.26 Å². The first-order valence-corrected chi connectivity index (χ1v) is 9.04. The van der Waals surface area contributed by atoms with Crippen molar-refractivity contribution < 1.29 is 23.1 Å². The molecule has 2 aromatic carbocycles. The van der Waals surface area contributed by atoms with Crippen LogP contribution in [0.5, 0.6) is 0 Å². The van der Waals surface area contributed by atoms with E-state index in [-0.39, 0.29) is 16.9 Å². The van der Waals surface area contributed by atoms with Crippen LogP contribution in [0.3, 0.4) is 0 Å². The molecular weight excluding hydrogens is 330 g/mol. The number of carboxylic acid groups (broad SMARTS) is 1. The number of hydrogen-bond donors (Lipinski definition) is 2. The lowest BCUT2D eigenvalue weighted by Gasteiger charge is -2.17. The van der Waals surface area contributed by atoms with E-state index >= 15 is 0 Å². The van der Waals surface area contributed by atoms with Gasteiger partial charge in [-0.15, -0.1) is 0 Å². The summed E-state index contributed by atoms with van der Waals surface area (Å²) in [4.78, 5) is 23.5. The molecular formula is C17H17NO5S. The van der Waals surface area contributed by atoms with E-state index in [0.29, 0.717) is 5.56 Å². The number of carbonyl (C=O) groups excluding carboxylic acids is 1. The quantitative estimate of drug-likeness (QED) is 0.833. The molecule has 126 valence electrons. The average Bonchev–Trinajstić information content (AvgIpc) is 2.54. The minimum atomic E-state index is -3.34. The van der Waals surface area contributed by atoms with Gasteiger partial charge in [0.05, 0.1) is 17.4 Å². The van der Waals surface area contributed by atoms with Crippen molar-refractivity contribution in [3.05, 3.63) is 65.7 Å². The van der Waals surface area contributed by atoms with E-state index in [1.54, 1.807) is 30.3 Å². The molecule has 0 radical (unpaired) electrons. The van der Waals surface area contributed by atoms with Gasteiger partial charge in [-0.2, -0.15) is 0 Å². The van der Waals surface area contributed by atoms with Crippen LogP contribution in [0.25, 0.3) is 0 Å². The Balaban J connectivity index is 2.20. The number of carbonyl (C=O) groups is 2. The highest BCUT2D eigenvalue weighted by Crippen LogP contribution is 2.18.